The highest BCUT2D eigenvalue weighted by Crippen LogP contribution is 2.04. The molecular weight excluding hydrogens is 210 g/mol. The van der Waals surface area contributed by atoms with Crippen LogP contribution in [0.4, 0.5) is 0 Å². The van der Waals surface area contributed by atoms with Gasteiger partial charge in [0.05, 0.1) is 0 Å². The first-order valence-corrected chi connectivity index (χ1v) is 5.77. The molecule has 12 heavy (non-hydrogen) atoms. The maximum atomic E-state index is 10.3. The summed E-state index contributed by atoms with van der Waals surface area (Å²) in [5, 5.41) is 2.20. The normalized spacial score (nSPS) is 13.7. The van der Waals surface area contributed by atoms with Crippen LogP contribution in [0.15, 0.2) is 0 Å². The molecule has 3 N–H and O–H groups in total. The van der Waals surface area contributed by atoms with Crippen molar-refractivity contribution in [2.24, 2.45) is 0 Å². The molecule has 0 heterocycles. The van der Waals surface area contributed by atoms with E-state index in [0.717, 1.165) is 0 Å². The van der Waals surface area contributed by atoms with E-state index in [1.54, 1.807) is 0 Å². The van der Waals surface area contributed by atoms with Gasteiger partial charge in [-0.1, -0.05) is 0 Å². The molecule has 7 nitrogen and oxygen atoms in total. The van der Waals surface area contributed by atoms with Gasteiger partial charge in [-0.25, -0.2) is 0 Å². The monoisotopic (exact) mass is 219 g/mol. The van der Waals surface area contributed by atoms with Crippen molar-refractivity contribution in [3.63, 3.8) is 0 Å². The molecule has 0 aliphatic heterocycles. The van der Waals surface area contributed by atoms with Gasteiger partial charge in [0.1, 0.15) is 0 Å². The Kier molecular flexibility index (Phi) is 3.59. The van der Waals surface area contributed by atoms with E-state index in [4.69, 9.17) is 9.11 Å². The zero-order valence-corrected chi connectivity index (χ0v) is 7.76. The van der Waals surface area contributed by atoms with Gasteiger partial charge in [-0.2, -0.15) is 16.8 Å². The Morgan fingerprint density at radius 2 is 1.50 bits per heavy atom. The fourth-order valence-corrected chi connectivity index (χ4v) is 2.51. The third-order valence-corrected chi connectivity index (χ3v) is 4.16. The third-order valence-electron chi connectivity index (χ3n) is 1.04. The molecule has 74 valence electrons. The van der Waals surface area contributed by atoms with Crippen LogP contribution in [0.25, 0.3) is 0 Å². The minimum absolute atomic E-state index is 0.572. The summed E-state index contributed by atoms with van der Waals surface area (Å²) in [6.45, 7) is -0.572. The van der Waals surface area contributed by atoms with Gasteiger partial charge in [-0.3, -0.25) is 9.11 Å². The van der Waals surface area contributed by atoms with Crippen LogP contribution in [0.3, 0.4) is 0 Å². The van der Waals surface area contributed by atoms with E-state index in [1.165, 1.54) is 7.05 Å². The van der Waals surface area contributed by atoms with E-state index >= 15 is 0 Å². The van der Waals surface area contributed by atoms with Crippen LogP contribution in [0.2, 0.25) is 0 Å². The van der Waals surface area contributed by atoms with E-state index in [1.807, 2.05) is 0 Å². The van der Waals surface area contributed by atoms with Crippen molar-refractivity contribution in [3.05, 3.63) is 0 Å². The van der Waals surface area contributed by atoms with Crippen molar-refractivity contribution in [1.82, 2.24) is 5.32 Å². The summed E-state index contributed by atoms with van der Waals surface area (Å²) in [6, 6.07) is 0. The zero-order chi connectivity index (χ0) is 9.99. The molecule has 9 heteroatoms. The van der Waals surface area contributed by atoms with Gasteiger partial charge in [-0.05, 0) is 7.05 Å². The van der Waals surface area contributed by atoms with E-state index in [0.29, 0.717) is 0 Å². The highest BCUT2D eigenvalue weighted by atomic mass is 32.3. The summed E-state index contributed by atoms with van der Waals surface area (Å²) >= 11 is 0. The fourth-order valence-electron chi connectivity index (χ4n) is 0.531. The molecule has 0 atom stereocenters. The van der Waals surface area contributed by atoms with Gasteiger partial charge < -0.3 is 5.32 Å². The molecule has 0 unspecified atom stereocenters. The quantitative estimate of drug-likeness (QED) is 0.482. The van der Waals surface area contributed by atoms with E-state index in [-0.39, 0.29) is 0 Å². The summed E-state index contributed by atoms with van der Waals surface area (Å²) in [7, 11) is -8.29. The van der Waals surface area contributed by atoms with Crippen molar-refractivity contribution >= 4 is 20.2 Å². The largest absolute Gasteiger partial charge is 0.317 e. The zero-order valence-electron chi connectivity index (χ0n) is 6.13. The van der Waals surface area contributed by atoms with E-state index in [9.17, 15) is 16.8 Å². The van der Waals surface area contributed by atoms with Crippen LogP contribution < -0.4 is 5.32 Å². The number of rotatable bonds is 4. The van der Waals surface area contributed by atoms with Crippen molar-refractivity contribution in [1.29, 1.82) is 0 Å². The number of hydrogen-bond acceptors (Lipinski definition) is 5. The highest BCUT2D eigenvalue weighted by Gasteiger charge is 2.34. The average Bonchev–Trinajstić information content (AvgIpc) is 1.77. The lowest BCUT2D eigenvalue weighted by atomic mass is 10.7. The lowest BCUT2D eigenvalue weighted by Gasteiger charge is -2.08. The molecule has 0 aliphatic carbocycles. The minimum Gasteiger partial charge on any atom is -0.317 e. The summed E-state index contributed by atoms with van der Waals surface area (Å²) in [4.78, 5) is 0. The van der Waals surface area contributed by atoms with Crippen molar-refractivity contribution in [2.75, 3.05) is 13.6 Å². The third kappa shape index (κ3) is 3.45. The minimum atomic E-state index is -4.79. The maximum Gasteiger partial charge on any atom is 0.286 e. The average molecular weight is 219 g/mol. The molecule has 0 aromatic heterocycles. The molecule has 0 fully saturated rings. The molecule has 0 aromatic carbocycles. The molecule has 0 saturated heterocycles. The van der Waals surface area contributed by atoms with Crippen LogP contribution >= 0.6 is 0 Å². The number of hydrogen-bond donors (Lipinski definition) is 3. The Labute approximate surface area is 70.3 Å². The predicted molar refractivity (Wildman–Crippen MR) is 40.8 cm³/mol. The predicted octanol–water partition coefficient (Wildman–Crippen LogP) is -1.69. The molecule has 0 spiro atoms. The Hall–Kier alpha value is -0.220. The Morgan fingerprint density at radius 1 is 1.17 bits per heavy atom. The van der Waals surface area contributed by atoms with Gasteiger partial charge >= 0.3 is 0 Å². The molecular formula is C3H9NO6S2. The van der Waals surface area contributed by atoms with Gasteiger partial charge in [0.25, 0.3) is 20.2 Å². The Balaban J connectivity index is 4.97. The van der Waals surface area contributed by atoms with Gasteiger partial charge in [0, 0.05) is 6.54 Å². The smallest absolute Gasteiger partial charge is 0.286 e. The SMILES string of the molecule is CNCC(S(=O)(=O)O)S(=O)(=O)O. The Morgan fingerprint density at radius 3 is 1.58 bits per heavy atom. The van der Waals surface area contributed by atoms with Crippen LogP contribution in [-0.4, -0.2) is 44.1 Å². The first kappa shape index (κ1) is 11.8. The maximum absolute atomic E-state index is 10.3. The van der Waals surface area contributed by atoms with E-state index < -0.39 is 31.4 Å². The topological polar surface area (TPSA) is 121 Å². The molecule has 0 radical (unpaired) electrons. The molecule has 0 aromatic rings. The van der Waals surface area contributed by atoms with Crippen LogP contribution in [-0.2, 0) is 20.2 Å². The molecule has 0 amide bonds. The fraction of sp³-hybridized carbons (Fsp3) is 1.00. The second-order valence-corrected chi connectivity index (χ2v) is 5.51. The van der Waals surface area contributed by atoms with Crippen LogP contribution in [0.1, 0.15) is 0 Å². The molecule has 0 rings (SSSR count). The number of nitrogens with one attached hydrogen (secondary N) is 1. The second kappa shape index (κ2) is 3.66. The summed E-state index contributed by atoms with van der Waals surface area (Å²) in [6.07, 6.45) is 0. The van der Waals surface area contributed by atoms with Gasteiger partial charge in [0.2, 0.25) is 4.58 Å². The lowest BCUT2D eigenvalue weighted by Crippen LogP contribution is -2.37. The van der Waals surface area contributed by atoms with Crippen LogP contribution in [0.5, 0.6) is 0 Å². The molecule has 0 saturated carbocycles. The summed E-state index contributed by atoms with van der Waals surface area (Å²) < 4.78 is 55.8. The first-order chi connectivity index (χ1) is 5.19. The van der Waals surface area contributed by atoms with Crippen molar-refractivity contribution < 1.29 is 25.9 Å². The standard InChI is InChI=1S/C3H9NO6S2/c1-4-2-3(11(5,6)7)12(8,9)10/h3-4H,2H2,1H3,(H,5,6,7)(H,8,9,10). The lowest BCUT2D eigenvalue weighted by molar-refractivity contribution is 0.452. The molecule has 0 bridgehead atoms. The second-order valence-electron chi connectivity index (χ2n) is 2.02. The van der Waals surface area contributed by atoms with E-state index in [2.05, 4.69) is 5.32 Å². The van der Waals surface area contributed by atoms with Crippen LogP contribution in [0, 0.1) is 0 Å². The first-order valence-electron chi connectivity index (χ1n) is 2.77. The highest BCUT2D eigenvalue weighted by molar-refractivity contribution is 8.04. The van der Waals surface area contributed by atoms with Crippen molar-refractivity contribution in [2.45, 2.75) is 4.58 Å². The van der Waals surface area contributed by atoms with Gasteiger partial charge in [0.15, 0.2) is 0 Å². The van der Waals surface area contributed by atoms with Gasteiger partial charge in [-0.15, -0.1) is 0 Å². The summed E-state index contributed by atoms with van der Waals surface area (Å²) in [5.41, 5.74) is 0. The Bertz CT molecular complexity index is 296. The van der Waals surface area contributed by atoms with Crippen molar-refractivity contribution in [3.8, 4) is 0 Å². The summed E-state index contributed by atoms with van der Waals surface area (Å²) in [5.74, 6) is 0. The molecule has 0 aliphatic rings.